The summed E-state index contributed by atoms with van der Waals surface area (Å²) in [6.45, 7) is 4.43. The zero-order valence-corrected chi connectivity index (χ0v) is 14.5. The molecular weight excluding hydrogens is 318 g/mol. The number of nitrogens with zero attached hydrogens (tertiary/aromatic N) is 2. The summed E-state index contributed by atoms with van der Waals surface area (Å²) >= 11 is 1.42. The number of pyridine rings is 1. The number of hydrogen-bond donors (Lipinski definition) is 1. The molecule has 4 nitrogen and oxygen atoms in total. The zero-order valence-electron chi connectivity index (χ0n) is 13.7. The van der Waals surface area contributed by atoms with Crippen LogP contribution in [0.5, 0.6) is 0 Å². The Morgan fingerprint density at radius 1 is 1.12 bits per heavy atom. The number of thiazole rings is 1. The van der Waals surface area contributed by atoms with Gasteiger partial charge in [-0.1, -0.05) is 38.1 Å². The van der Waals surface area contributed by atoms with Crippen LogP contribution in [0.2, 0.25) is 0 Å². The number of carbonyl (C=O) groups is 1. The summed E-state index contributed by atoms with van der Waals surface area (Å²) in [6, 6.07) is 11.8. The third kappa shape index (κ3) is 4.06. The van der Waals surface area contributed by atoms with Gasteiger partial charge in [-0.05, 0) is 30.0 Å². The quantitative estimate of drug-likeness (QED) is 0.737. The fourth-order valence-corrected chi connectivity index (χ4v) is 3.13. The summed E-state index contributed by atoms with van der Waals surface area (Å²) in [5, 5.41) is 5.38. The first-order chi connectivity index (χ1) is 11.6. The molecule has 3 aromatic rings. The van der Waals surface area contributed by atoms with Crippen LogP contribution in [-0.2, 0) is 6.42 Å². The first-order valence-corrected chi connectivity index (χ1v) is 8.76. The molecule has 0 aliphatic carbocycles. The number of amides is 1. The molecule has 0 bridgehead atoms. The van der Waals surface area contributed by atoms with E-state index in [-0.39, 0.29) is 5.91 Å². The third-order valence-electron chi connectivity index (χ3n) is 3.56. The van der Waals surface area contributed by atoms with Gasteiger partial charge in [0, 0.05) is 28.9 Å². The molecule has 0 saturated carbocycles. The molecule has 5 heteroatoms. The maximum atomic E-state index is 12.1. The fourth-order valence-electron chi connectivity index (χ4n) is 2.42. The largest absolute Gasteiger partial charge is 0.298 e. The Morgan fingerprint density at radius 3 is 2.50 bits per heavy atom. The van der Waals surface area contributed by atoms with Crippen LogP contribution >= 0.6 is 11.3 Å². The molecule has 0 aliphatic rings. The maximum Gasteiger partial charge on any atom is 0.257 e. The van der Waals surface area contributed by atoms with Crippen molar-refractivity contribution in [2.24, 2.45) is 5.92 Å². The third-order valence-corrected chi connectivity index (χ3v) is 4.32. The second kappa shape index (κ2) is 7.36. The second-order valence-electron chi connectivity index (χ2n) is 6.02. The van der Waals surface area contributed by atoms with Crippen LogP contribution in [0.1, 0.15) is 29.8 Å². The van der Waals surface area contributed by atoms with Crippen molar-refractivity contribution in [3.8, 4) is 11.3 Å². The molecule has 0 spiro atoms. The molecule has 0 unspecified atom stereocenters. The molecule has 0 saturated heterocycles. The zero-order chi connectivity index (χ0) is 16.9. The topological polar surface area (TPSA) is 54.9 Å². The first kappa shape index (κ1) is 16.3. The van der Waals surface area contributed by atoms with Crippen molar-refractivity contribution in [3.05, 3.63) is 65.3 Å². The number of anilines is 1. The fraction of sp³-hybridized carbons (Fsp3) is 0.211. The lowest BCUT2D eigenvalue weighted by molar-refractivity contribution is 0.102. The highest BCUT2D eigenvalue weighted by Gasteiger charge is 2.10. The van der Waals surface area contributed by atoms with Crippen molar-refractivity contribution in [3.63, 3.8) is 0 Å². The van der Waals surface area contributed by atoms with E-state index >= 15 is 0 Å². The van der Waals surface area contributed by atoms with Crippen LogP contribution in [0.3, 0.4) is 0 Å². The number of aromatic nitrogens is 2. The van der Waals surface area contributed by atoms with E-state index in [1.165, 1.54) is 16.9 Å². The van der Waals surface area contributed by atoms with Crippen molar-refractivity contribution in [2.75, 3.05) is 5.32 Å². The summed E-state index contributed by atoms with van der Waals surface area (Å²) in [7, 11) is 0. The Morgan fingerprint density at radius 2 is 1.83 bits per heavy atom. The van der Waals surface area contributed by atoms with Gasteiger partial charge in [0.15, 0.2) is 5.13 Å². The Labute approximate surface area is 145 Å². The molecule has 24 heavy (non-hydrogen) atoms. The minimum absolute atomic E-state index is 0.175. The highest BCUT2D eigenvalue weighted by Crippen LogP contribution is 2.26. The van der Waals surface area contributed by atoms with Crippen LogP contribution in [0, 0.1) is 5.92 Å². The van der Waals surface area contributed by atoms with Gasteiger partial charge in [-0.2, -0.15) is 0 Å². The van der Waals surface area contributed by atoms with Gasteiger partial charge in [-0.3, -0.25) is 15.1 Å². The highest BCUT2D eigenvalue weighted by molar-refractivity contribution is 7.14. The predicted molar refractivity (Wildman–Crippen MR) is 98.3 cm³/mol. The van der Waals surface area contributed by atoms with E-state index in [1.807, 2.05) is 5.38 Å². The van der Waals surface area contributed by atoms with Gasteiger partial charge in [-0.15, -0.1) is 11.3 Å². The molecule has 0 atom stereocenters. The van der Waals surface area contributed by atoms with Gasteiger partial charge >= 0.3 is 0 Å². The molecule has 122 valence electrons. The number of hydrogen-bond acceptors (Lipinski definition) is 4. The number of carbonyl (C=O) groups excluding carboxylic acids is 1. The van der Waals surface area contributed by atoms with E-state index in [9.17, 15) is 4.79 Å². The number of nitrogens with one attached hydrogen (secondary N) is 1. The highest BCUT2D eigenvalue weighted by atomic mass is 32.1. The van der Waals surface area contributed by atoms with Crippen LogP contribution in [-0.4, -0.2) is 15.9 Å². The summed E-state index contributed by atoms with van der Waals surface area (Å²) in [4.78, 5) is 20.6. The van der Waals surface area contributed by atoms with Gasteiger partial charge in [0.2, 0.25) is 0 Å². The predicted octanol–water partition coefficient (Wildman–Crippen LogP) is 4.66. The van der Waals surface area contributed by atoms with Crippen molar-refractivity contribution >= 4 is 22.4 Å². The number of benzene rings is 1. The van der Waals surface area contributed by atoms with Gasteiger partial charge in [0.25, 0.3) is 5.91 Å². The van der Waals surface area contributed by atoms with E-state index in [2.05, 4.69) is 53.4 Å². The normalized spacial score (nSPS) is 10.8. The lowest BCUT2D eigenvalue weighted by Crippen LogP contribution is -2.11. The minimum atomic E-state index is -0.175. The van der Waals surface area contributed by atoms with E-state index in [0.717, 1.165) is 17.7 Å². The molecule has 1 aromatic carbocycles. The Balaban J connectivity index is 1.70. The molecule has 1 amide bonds. The van der Waals surface area contributed by atoms with Crippen molar-refractivity contribution in [1.82, 2.24) is 9.97 Å². The van der Waals surface area contributed by atoms with Crippen molar-refractivity contribution < 1.29 is 4.79 Å². The van der Waals surface area contributed by atoms with Crippen LogP contribution < -0.4 is 5.32 Å². The lowest BCUT2D eigenvalue weighted by atomic mass is 10.0. The van der Waals surface area contributed by atoms with Gasteiger partial charge < -0.3 is 0 Å². The Hall–Kier alpha value is -2.53. The number of rotatable bonds is 5. The van der Waals surface area contributed by atoms with Crippen molar-refractivity contribution in [1.29, 1.82) is 0 Å². The van der Waals surface area contributed by atoms with E-state index < -0.39 is 0 Å². The monoisotopic (exact) mass is 337 g/mol. The molecule has 0 fully saturated rings. The molecule has 0 aliphatic heterocycles. The lowest BCUT2D eigenvalue weighted by Gasteiger charge is -2.05. The molecular formula is C19H19N3OS. The first-order valence-electron chi connectivity index (χ1n) is 7.88. The maximum absolute atomic E-state index is 12.1. The van der Waals surface area contributed by atoms with Crippen LogP contribution in [0.15, 0.2) is 54.2 Å². The molecule has 2 heterocycles. The summed E-state index contributed by atoms with van der Waals surface area (Å²) < 4.78 is 0. The Bertz CT molecular complexity index is 810. The van der Waals surface area contributed by atoms with E-state index in [1.54, 1.807) is 24.5 Å². The average molecular weight is 337 g/mol. The van der Waals surface area contributed by atoms with Crippen LogP contribution in [0.4, 0.5) is 5.13 Å². The summed E-state index contributed by atoms with van der Waals surface area (Å²) in [6.07, 6.45) is 4.27. The molecule has 1 N–H and O–H groups in total. The molecule has 0 radical (unpaired) electrons. The van der Waals surface area contributed by atoms with Crippen LogP contribution in [0.25, 0.3) is 11.3 Å². The summed E-state index contributed by atoms with van der Waals surface area (Å²) in [5.41, 5.74) is 3.83. The van der Waals surface area contributed by atoms with Gasteiger partial charge in [-0.25, -0.2) is 4.98 Å². The minimum Gasteiger partial charge on any atom is -0.298 e. The van der Waals surface area contributed by atoms with E-state index in [0.29, 0.717) is 16.6 Å². The van der Waals surface area contributed by atoms with E-state index in [4.69, 9.17) is 0 Å². The standard InChI is InChI=1S/C19H19N3OS/c1-13(2)11-14-3-5-15(6-4-14)17-12-24-19(21-17)22-18(23)16-7-9-20-10-8-16/h3-10,12-13H,11H2,1-2H3,(H,21,22,23). The SMILES string of the molecule is CC(C)Cc1ccc(-c2csc(NC(=O)c3ccncc3)n2)cc1. The summed E-state index contributed by atoms with van der Waals surface area (Å²) in [5.74, 6) is 0.468. The second-order valence-corrected chi connectivity index (χ2v) is 6.88. The molecule has 2 aromatic heterocycles. The smallest absolute Gasteiger partial charge is 0.257 e. The van der Waals surface area contributed by atoms with Gasteiger partial charge in [0.05, 0.1) is 5.69 Å². The average Bonchev–Trinajstić information content (AvgIpc) is 3.04. The Kier molecular flexibility index (Phi) is 5.01. The van der Waals surface area contributed by atoms with Crippen molar-refractivity contribution in [2.45, 2.75) is 20.3 Å². The van der Waals surface area contributed by atoms with Gasteiger partial charge in [0.1, 0.15) is 0 Å². The molecule has 3 rings (SSSR count).